The zero-order valence-electron chi connectivity index (χ0n) is 9.68. The van der Waals surface area contributed by atoms with Gasteiger partial charge < -0.3 is 11.1 Å². The molecule has 1 aromatic heterocycles. The molecule has 0 bridgehead atoms. The zero-order chi connectivity index (χ0) is 12.5. The molecule has 0 aliphatic heterocycles. The minimum Gasteiger partial charge on any atom is -0.399 e. The Morgan fingerprint density at radius 3 is 3.17 bits per heavy atom. The summed E-state index contributed by atoms with van der Waals surface area (Å²) >= 11 is 3.06. The third-order valence-electron chi connectivity index (χ3n) is 2.66. The van der Waals surface area contributed by atoms with Gasteiger partial charge in [0.15, 0.2) is 4.34 Å². The lowest BCUT2D eigenvalue weighted by atomic mass is 10.3. The Morgan fingerprint density at radius 2 is 2.39 bits per heavy atom. The van der Waals surface area contributed by atoms with Crippen LogP contribution < -0.4 is 11.1 Å². The first-order chi connectivity index (χ1) is 8.70. The van der Waals surface area contributed by atoms with Crippen molar-refractivity contribution in [3.63, 3.8) is 0 Å². The minimum absolute atomic E-state index is 0.0984. The van der Waals surface area contributed by atoms with Crippen molar-refractivity contribution in [3.05, 3.63) is 18.2 Å². The Bertz CT molecular complexity index is 592. The number of rotatable bonds is 4. The molecule has 4 nitrogen and oxygen atoms in total. The number of anilines is 1. The highest BCUT2D eigenvalue weighted by atomic mass is 32.2. The molecule has 1 aliphatic rings. The van der Waals surface area contributed by atoms with E-state index in [4.69, 9.17) is 5.73 Å². The first-order valence-corrected chi connectivity index (χ1v) is 7.59. The molecule has 3 rings (SSSR count). The van der Waals surface area contributed by atoms with Gasteiger partial charge in [0.05, 0.1) is 16.0 Å². The normalized spacial score (nSPS) is 14.9. The number of amides is 1. The second kappa shape index (κ2) is 4.78. The number of thiazole rings is 1. The summed E-state index contributed by atoms with van der Waals surface area (Å²) in [4.78, 5) is 16.0. The molecular weight excluding hydrogens is 266 g/mol. The molecule has 1 aromatic carbocycles. The van der Waals surface area contributed by atoms with E-state index >= 15 is 0 Å². The van der Waals surface area contributed by atoms with Crippen LogP contribution in [0.3, 0.4) is 0 Å². The van der Waals surface area contributed by atoms with E-state index in [-0.39, 0.29) is 5.91 Å². The zero-order valence-corrected chi connectivity index (χ0v) is 11.3. The molecule has 1 amide bonds. The SMILES string of the molecule is Nc1ccc2nc(SCC(=O)NC3CC3)sc2c1. The molecule has 1 aliphatic carbocycles. The van der Waals surface area contributed by atoms with E-state index in [9.17, 15) is 4.79 Å². The number of hydrogen-bond donors (Lipinski definition) is 2. The number of nitrogens with one attached hydrogen (secondary N) is 1. The smallest absolute Gasteiger partial charge is 0.230 e. The van der Waals surface area contributed by atoms with Gasteiger partial charge in [-0.05, 0) is 31.0 Å². The number of hydrogen-bond acceptors (Lipinski definition) is 5. The summed E-state index contributed by atoms with van der Waals surface area (Å²) in [5.41, 5.74) is 7.41. The molecule has 18 heavy (non-hydrogen) atoms. The summed E-state index contributed by atoms with van der Waals surface area (Å²) in [5, 5.41) is 2.96. The highest BCUT2D eigenvalue weighted by Gasteiger charge is 2.23. The highest BCUT2D eigenvalue weighted by Crippen LogP contribution is 2.30. The predicted molar refractivity (Wildman–Crippen MR) is 75.9 cm³/mol. The summed E-state index contributed by atoms with van der Waals surface area (Å²) in [5.74, 6) is 0.535. The quantitative estimate of drug-likeness (QED) is 0.665. The molecule has 0 unspecified atom stereocenters. The number of carbonyl (C=O) groups excluding carboxylic acids is 1. The van der Waals surface area contributed by atoms with Gasteiger partial charge in [0.25, 0.3) is 0 Å². The van der Waals surface area contributed by atoms with Crippen LogP contribution >= 0.6 is 23.1 Å². The maximum absolute atomic E-state index is 11.6. The number of aromatic nitrogens is 1. The van der Waals surface area contributed by atoms with E-state index < -0.39 is 0 Å². The lowest BCUT2D eigenvalue weighted by Gasteiger charge is -2.00. The van der Waals surface area contributed by atoms with Crippen LogP contribution in [0.4, 0.5) is 5.69 Å². The maximum atomic E-state index is 11.6. The lowest BCUT2D eigenvalue weighted by Crippen LogP contribution is -2.26. The lowest BCUT2D eigenvalue weighted by molar-refractivity contribution is -0.118. The highest BCUT2D eigenvalue weighted by molar-refractivity contribution is 8.01. The van der Waals surface area contributed by atoms with Crippen molar-refractivity contribution < 1.29 is 4.79 Å². The van der Waals surface area contributed by atoms with E-state index in [1.54, 1.807) is 11.3 Å². The molecule has 1 saturated carbocycles. The van der Waals surface area contributed by atoms with Gasteiger partial charge in [-0.1, -0.05) is 11.8 Å². The molecule has 6 heteroatoms. The number of nitrogens with zero attached hydrogens (tertiary/aromatic N) is 1. The Balaban J connectivity index is 1.64. The van der Waals surface area contributed by atoms with Gasteiger partial charge in [-0.15, -0.1) is 11.3 Å². The molecular formula is C12H13N3OS2. The van der Waals surface area contributed by atoms with E-state index in [1.807, 2.05) is 18.2 Å². The number of nitrogens with two attached hydrogens (primary N) is 1. The fourth-order valence-electron chi connectivity index (χ4n) is 1.61. The largest absolute Gasteiger partial charge is 0.399 e. The average molecular weight is 279 g/mol. The third kappa shape index (κ3) is 2.76. The van der Waals surface area contributed by atoms with Crippen LogP contribution in [0.1, 0.15) is 12.8 Å². The van der Waals surface area contributed by atoms with Gasteiger partial charge in [-0.25, -0.2) is 4.98 Å². The van der Waals surface area contributed by atoms with Crippen molar-refractivity contribution in [2.24, 2.45) is 0 Å². The molecule has 0 spiro atoms. The van der Waals surface area contributed by atoms with Gasteiger partial charge in [-0.2, -0.15) is 0 Å². The van der Waals surface area contributed by atoms with E-state index in [0.29, 0.717) is 11.8 Å². The van der Waals surface area contributed by atoms with Gasteiger partial charge in [0, 0.05) is 11.7 Å². The van der Waals surface area contributed by atoms with Crippen molar-refractivity contribution in [2.75, 3.05) is 11.5 Å². The van der Waals surface area contributed by atoms with Crippen LogP contribution in [-0.2, 0) is 4.79 Å². The van der Waals surface area contributed by atoms with Crippen molar-refractivity contribution in [1.82, 2.24) is 10.3 Å². The molecule has 0 saturated heterocycles. The van der Waals surface area contributed by atoms with Gasteiger partial charge in [-0.3, -0.25) is 4.79 Å². The van der Waals surface area contributed by atoms with Gasteiger partial charge in [0.1, 0.15) is 0 Å². The standard InChI is InChI=1S/C12H13N3OS2/c13-7-1-4-9-10(5-7)18-12(15-9)17-6-11(16)14-8-2-3-8/h1,4-5,8H,2-3,6,13H2,(H,14,16). The molecule has 3 N–H and O–H groups in total. The van der Waals surface area contributed by atoms with Crippen molar-refractivity contribution in [2.45, 2.75) is 23.2 Å². The number of nitrogen functional groups attached to an aromatic ring is 1. The van der Waals surface area contributed by atoms with E-state index in [2.05, 4.69) is 10.3 Å². The average Bonchev–Trinajstić information content (AvgIpc) is 3.04. The predicted octanol–water partition coefficient (Wildman–Crippen LogP) is 2.25. The molecule has 0 atom stereocenters. The number of fused-ring (bicyclic) bond motifs is 1. The second-order valence-electron chi connectivity index (χ2n) is 4.34. The van der Waals surface area contributed by atoms with E-state index in [1.165, 1.54) is 11.8 Å². The summed E-state index contributed by atoms with van der Waals surface area (Å²) < 4.78 is 1.99. The Labute approximate surface area is 113 Å². The summed E-state index contributed by atoms with van der Waals surface area (Å²) in [6.45, 7) is 0. The molecule has 94 valence electrons. The number of carbonyl (C=O) groups is 1. The first-order valence-electron chi connectivity index (χ1n) is 5.79. The molecule has 2 aromatic rings. The fourth-order valence-corrected chi connectivity index (χ4v) is 3.53. The van der Waals surface area contributed by atoms with Crippen molar-refractivity contribution >= 4 is 44.9 Å². The monoisotopic (exact) mass is 279 g/mol. The topological polar surface area (TPSA) is 68.0 Å². The minimum atomic E-state index is 0.0984. The maximum Gasteiger partial charge on any atom is 0.230 e. The fraction of sp³-hybridized carbons (Fsp3) is 0.333. The third-order valence-corrected chi connectivity index (χ3v) is 4.82. The molecule has 1 heterocycles. The molecule has 1 fully saturated rings. The van der Waals surface area contributed by atoms with Crippen LogP contribution in [0.15, 0.2) is 22.5 Å². The summed E-state index contributed by atoms with van der Waals surface area (Å²) in [6, 6.07) is 6.10. The van der Waals surface area contributed by atoms with Crippen LogP contribution in [0.5, 0.6) is 0 Å². The Morgan fingerprint density at radius 1 is 1.56 bits per heavy atom. The Hall–Kier alpha value is -1.27. The first kappa shape index (κ1) is 11.8. The van der Waals surface area contributed by atoms with Crippen LogP contribution in [0, 0.1) is 0 Å². The summed E-state index contributed by atoms with van der Waals surface area (Å²) in [7, 11) is 0. The number of thioether (sulfide) groups is 1. The second-order valence-corrected chi connectivity index (χ2v) is 6.59. The van der Waals surface area contributed by atoms with Gasteiger partial charge >= 0.3 is 0 Å². The Kier molecular flexibility index (Phi) is 3.13. The van der Waals surface area contributed by atoms with Crippen LogP contribution in [0.2, 0.25) is 0 Å². The van der Waals surface area contributed by atoms with Gasteiger partial charge in [0.2, 0.25) is 5.91 Å². The summed E-state index contributed by atoms with van der Waals surface area (Å²) in [6.07, 6.45) is 2.24. The van der Waals surface area contributed by atoms with Crippen molar-refractivity contribution in [1.29, 1.82) is 0 Å². The number of benzene rings is 1. The van der Waals surface area contributed by atoms with Crippen molar-refractivity contribution in [3.8, 4) is 0 Å². The van der Waals surface area contributed by atoms with Crippen LogP contribution in [-0.4, -0.2) is 22.7 Å². The van der Waals surface area contributed by atoms with Crippen LogP contribution in [0.25, 0.3) is 10.2 Å². The molecule has 0 radical (unpaired) electrons. The van der Waals surface area contributed by atoms with E-state index in [0.717, 1.165) is 33.1 Å².